The third kappa shape index (κ3) is 2.84. The van der Waals surface area contributed by atoms with Gasteiger partial charge in [-0.25, -0.2) is 8.42 Å². The van der Waals surface area contributed by atoms with Gasteiger partial charge in [0.2, 0.25) is 5.91 Å². The zero-order chi connectivity index (χ0) is 14.9. The molecule has 1 aliphatic heterocycles. The number of thiophene rings is 1. The first-order valence-electron chi connectivity index (χ1n) is 5.90. The van der Waals surface area contributed by atoms with Crippen molar-refractivity contribution in [1.29, 1.82) is 0 Å². The fourth-order valence-electron chi connectivity index (χ4n) is 2.01. The number of carboxylic acid groups (broad SMARTS) is 1. The van der Waals surface area contributed by atoms with E-state index in [0.29, 0.717) is 0 Å². The van der Waals surface area contributed by atoms with E-state index in [1.54, 1.807) is 13.0 Å². The molecule has 1 aliphatic rings. The minimum absolute atomic E-state index is 0.0724. The van der Waals surface area contributed by atoms with Crippen molar-refractivity contribution >= 4 is 33.2 Å². The molecule has 0 aliphatic carbocycles. The van der Waals surface area contributed by atoms with Crippen molar-refractivity contribution in [1.82, 2.24) is 9.62 Å². The Balaban J connectivity index is 2.36. The molecule has 0 aromatic carbocycles. The summed E-state index contributed by atoms with van der Waals surface area (Å²) in [6.07, 6.45) is -0.546. The molecule has 1 atom stereocenters. The number of aliphatic carboxylic acids is 1. The Hall–Kier alpha value is -1.45. The second-order valence-corrected chi connectivity index (χ2v) is 7.79. The number of nitrogens with one attached hydrogen (secondary N) is 1. The molecular formula is C11H14N2O5S2. The van der Waals surface area contributed by atoms with E-state index >= 15 is 0 Å². The van der Waals surface area contributed by atoms with Crippen molar-refractivity contribution in [2.75, 3.05) is 13.1 Å². The second-order valence-electron chi connectivity index (χ2n) is 4.39. The minimum Gasteiger partial charge on any atom is -0.481 e. The molecule has 1 fully saturated rings. The summed E-state index contributed by atoms with van der Waals surface area (Å²) in [6.45, 7) is 2.03. The first-order chi connectivity index (χ1) is 9.32. The first-order valence-corrected chi connectivity index (χ1v) is 8.16. The topological polar surface area (TPSA) is 104 Å². The van der Waals surface area contributed by atoms with Gasteiger partial charge in [0.25, 0.3) is 10.0 Å². The summed E-state index contributed by atoms with van der Waals surface area (Å²) in [5.74, 6) is -1.79. The number of carboxylic acids is 1. The zero-order valence-corrected chi connectivity index (χ0v) is 12.3. The second kappa shape index (κ2) is 5.51. The van der Waals surface area contributed by atoms with Crippen LogP contribution in [0.5, 0.6) is 0 Å². The summed E-state index contributed by atoms with van der Waals surface area (Å²) < 4.78 is 26.1. The quantitative estimate of drug-likeness (QED) is 0.814. The van der Waals surface area contributed by atoms with Gasteiger partial charge in [-0.3, -0.25) is 9.59 Å². The van der Waals surface area contributed by atoms with E-state index < -0.39 is 34.4 Å². The molecule has 0 saturated carbocycles. The van der Waals surface area contributed by atoms with E-state index in [2.05, 4.69) is 5.32 Å². The molecule has 9 heteroatoms. The van der Waals surface area contributed by atoms with Crippen molar-refractivity contribution in [3.05, 3.63) is 17.0 Å². The van der Waals surface area contributed by atoms with E-state index in [1.807, 2.05) is 0 Å². The Morgan fingerprint density at radius 2 is 2.25 bits per heavy atom. The predicted molar refractivity (Wildman–Crippen MR) is 72.0 cm³/mol. The van der Waals surface area contributed by atoms with E-state index in [4.69, 9.17) is 5.11 Å². The third-order valence-corrected chi connectivity index (χ3v) is 6.30. The highest BCUT2D eigenvalue weighted by Gasteiger charge is 2.40. The van der Waals surface area contributed by atoms with Gasteiger partial charge >= 0.3 is 5.97 Å². The molecule has 1 saturated heterocycles. The number of aryl methyl sites for hydroxylation is 1. The smallest absolute Gasteiger partial charge is 0.305 e. The summed E-state index contributed by atoms with van der Waals surface area (Å²) >= 11 is 1.10. The zero-order valence-electron chi connectivity index (χ0n) is 10.7. The molecule has 20 heavy (non-hydrogen) atoms. The average Bonchev–Trinajstić information content (AvgIpc) is 2.78. The van der Waals surface area contributed by atoms with E-state index in [0.717, 1.165) is 20.5 Å². The van der Waals surface area contributed by atoms with Crippen LogP contribution in [0.1, 0.15) is 11.3 Å². The Kier molecular flexibility index (Phi) is 4.11. The van der Waals surface area contributed by atoms with Gasteiger partial charge < -0.3 is 10.4 Å². The number of carbonyl (C=O) groups excluding carboxylic acids is 1. The van der Waals surface area contributed by atoms with Gasteiger partial charge in [-0.1, -0.05) is 0 Å². The molecule has 1 amide bonds. The molecule has 110 valence electrons. The number of piperazine rings is 1. The molecular weight excluding hydrogens is 304 g/mol. The lowest BCUT2D eigenvalue weighted by molar-refractivity contribution is -0.141. The summed E-state index contributed by atoms with van der Waals surface area (Å²) in [5, 5.41) is 11.3. The van der Waals surface area contributed by atoms with Crippen LogP contribution in [-0.4, -0.2) is 48.8 Å². The van der Waals surface area contributed by atoms with Gasteiger partial charge in [-0.05, 0) is 19.1 Å². The number of hydrogen-bond acceptors (Lipinski definition) is 5. The van der Waals surface area contributed by atoms with Crippen LogP contribution < -0.4 is 5.32 Å². The molecule has 0 bridgehead atoms. The van der Waals surface area contributed by atoms with Gasteiger partial charge in [0.15, 0.2) is 0 Å². The fourth-order valence-corrected chi connectivity index (χ4v) is 5.01. The van der Waals surface area contributed by atoms with Crippen molar-refractivity contribution in [2.45, 2.75) is 23.6 Å². The van der Waals surface area contributed by atoms with Crippen LogP contribution in [0.4, 0.5) is 0 Å². The van der Waals surface area contributed by atoms with Gasteiger partial charge in [-0.15, -0.1) is 11.3 Å². The van der Waals surface area contributed by atoms with Crippen molar-refractivity contribution in [2.24, 2.45) is 0 Å². The first kappa shape index (κ1) is 14.9. The van der Waals surface area contributed by atoms with Crippen LogP contribution in [0.25, 0.3) is 0 Å². The maximum atomic E-state index is 12.5. The van der Waals surface area contributed by atoms with Crippen LogP contribution in [0.2, 0.25) is 0 Å². The van der Waals surface area contributed by atoms with Gasteiger partial charge in [-0.2, -0.15) is 4.31 Å². The summed E-state index contributed by atoms with van der Waals surface area (Å²) in [6, 6.07) is 1.95. The molecule has 0 radical (unpaired) electrons. The fraction of sp³-hybridized carbons (Fsp3) is 0.455. The lowest BCUT2D eigenvalue weighted by atomic mass is 10.1. The normalized spacial score (nSPS) is 20.6. The highest BCUT2D eigenvalue weighted by Crippen LogP contribution is 2.27. The van der Waals surface area contributed by atoms with Gasteiger partial charge in [0.05, 0.1) is 6.42 Å². The Morgan fingerprint density at radius 3 is 2.80 bits per heavy atom. The molecule has 0 spiro atoms. The molecule has 7 nitrogen and oxygen atoms in total. The molecule has 2 heterocycles. The summed E-state index contributed by atoms with van der Waals surface area (Å²) in [4.78, 5) is 23.4. The summed E-state index contributed by atoms with van der Waals surface area (Å²) in [7, 11) is -3.84. The van der Waals surface area contributed by atoms with Gasteiger partial charge in [0.1, 0.15) is 10.3 Å². The summed E-state index contributed by atoms with van der Waals surface area (Å²) in [5.41, 5.74) is 0. The Morgan fingerprint density at radius 1 is 1.55 bits per heavy atom. The number of sulfonamides is 1. The van der Waals surface area contributed by atoms with Crippen molar-refractivity contribution in [3.63, 3.8) is 0 Å². The van der Waals surface area contributed by atoms with E-state index in [-0.39, 0.29) is 17.3 Å². The number of nitrogens with zero attached hydrogens (tertiary/aromatic N) is 1. The number of hydrogen-bond donors (Lipinski definition) is 2. The number of carbonyl (C=O) groups is 2. The van der Waals surface area contributed by atoms with E-state index in [1.165, 1.54) is 6.07 Å². The lowest BCUT2D eigenvalue weighted by Gasteiger charge is -2.32. The van der Waals surface area contributed by atoms with Crippen LogP contribution in [0, 0.1) is 6.92 Å². The maximum absolute atomic E-state index is 12.5. The van der Waals surface area contributed by atoms with Crippen LogP contribution in [0.3, 0.4) is 0 Å². The monoisotopic (exact) mass is 318 g/mol. The standard InChI is InChI=1S/C11H14N2O5S2/c1-7-2-3-10(19-7)20(17,18)13-5-4-12-11(16)8(13)6-9(14)15/h2-3,8H,4-6H2,1H3,(H,12,16)(H,14,15). The minimum atomic E-state index is -3.84. The van der Waals surface area contributed by atoms with Crippen LogP contribution in [-0.2, 0) is 19.6 Å². The SMILES string of the molecule is Cc1ccc(S(=O)(=O)N2CCNC(=O)C2CC(=O)O)s1. The molecule has 2 N–H and O–H groups in total. The number of rotatable bonds is 4. The molecule has 1 unspecified atom stereocenters. The third-order valence-electron chi connectivity index (χ3n) is 2.93. The molecule has 1 aromatic heterocycles. The largest absolute Gasteiger partial charge is 0.481 e. The predicted octanol–water partition coefficient (Wildman–Crippen LogP) is 0.0203. The lowest BCUT2D eigenvalue weighted by Crippen LogP contribution is -2.57. The van der Waals surface area contributed by atoms with Gasteiger partial charge in [0, 0.05) is 18.0 Å². The maximum Gasteiger partial charge on any atom is 0.305 e. The highest BCUT2D eigenvalue weighted by atomic mass is 32.2. The Bertz CT molecular complexity index is 637. The average molecular weight is 318 g/mol. The van der Waals surface area contributed by atoms with Crippen LogP contribution in [0.15, 0.2) is 16.3 Å². The Labute approximate surface area is 120 Å². The van der Waals surface area contributed by atoms with Crippen molar-refractivity contribution < 1.29 is 23.1 Å². The number of amides is 1. The van der Waals surface area contributed by atoms with E-state index in [9.17, 15) is 18.0 Å². The molecule has 2 rings (SSSR count). The van der Waals surface area contributed by atoms with Crippen LogP contribution >= 0.6 is 11.3 Å². The highest BCUT2D eigenvalue weighted by molar-refractivity contribution is 7.91. The molecule has 1 aromatic rings. The van der Waals surface area contributed by atoms with Crippen molar-refractivity contribution in [3.8, 4) is 0 Å².